The molecule has 17 heavy (non-hydrogen) atoms. The number of hydrogen-bond donors (Lipinski definition) is 1. The number of nitrogens with one attached hydrogen (secondary N) is 1. The van der Waals surface area contributed by atoms with Crippen LogP contribution in [0.1, 0.15) is 6.92 Å². The third kappa shape index (κ3) is 2.91. The van der Waals surface area contributed by atoms with E-state index in [1.54, 1.807) is 18.2 Å². The van der Waals surface area contributed by atoms with Crippen LogP contribution < -0.4 is 5.32 Å². The molecule has 0 unspecified atom stereocenters. The van der Waals surface area contributed by atoms with E-state index in [-0.39, 0.29) is 5.82 Å². The minimum Gasteiger partial charge on any atom is -0.369 e. The fourth-order valence-corrected chi connectivity index (χ4v) is 1.69. The third-order valence-electron chi connectivity index (χ3n) is 2.18. The smallest absolute Gasteiger partial charge is 0.148 e. The SMILES string of the molecule is CCNc1ccc(-c2cc(F)cc(Cl)c2)nn1. The maximum atomic E-state index is 13.2. The average molecular weight is 252 g/mol. The van der Waals surface area contributed by atoms with Crippen LogP contribution >= 0.6 is 11.6 Å². The molecule has 1 aromatic carbocycles. The predicted molar refractivity (Wildman–Crippen MR) is 66.6 cm³/mol. The van der Waals surface area contributed by atoms with Crippen LogP contribution in [0, 0.1) is 5.82 Å². The molecule has 1 heterocycles. The molecule has 0 bridgehead atoms. The van der Waals surface area contributed by atoms with Gasteiger partial charge in [-0.25, -0.2) is 4.39 Å². The van der Waals surface area contributed by atoms with Gasteiger partial charge in [-0.2, -0.15) is 0 Å². The molecule has 1 aromatic heterocycles. The molecule has 0 atom stereocenters. The molecule has 0 saturated carbocycles. The second kappa shape index (κ2) is 5.10. The summed E-state index contributed by atoms with van der Waals surface area (Å²) in [4.78, 5) is 0. The molecule has 88 valence electrons. The summed E-state index contributed by atoms with van der Waals surface area (Å²) in [6.45, 7) is 2.75. The molecular formula is C12H11ClFN3. The average Bonchev–Trinajstić information content (AvgIpc) is 2.29. The maximum absolute atomic E-state index is 13.2. The number of anilines is 1. The zero-order chi connectivity index (χ0) is 12.3. The number of benzene rings is 1. The van der Waals surface area contributed by atoms with Gasteiger partial charge in [0.05, 0.1) is 5.69 Å². The van der Waals surface area contributed by atoms with Gasteiger partial charge < -0.3 is 5.32 Å². The minimum absolute atomic E-state index is 0.345. The molecule has 0 saturated heterocycles. The Balaban J connectivity index is 2.32. The Kier molecular flexibility index (Phi) is 3.54. The molecule has 0 aliphatic heterocycles. The van der Waals surface area contributed by atoms with Crippen molar-refractivity contribution >= 4 is 17.4 Å². The molecule has 0 aliphatic rings. The van der Waals surface area contributed by atoms with Crippen LogP contribution in [0.2, 0.25) is 5.02 Å². The fourth-order valence-electron chi connectivity index (χ4n) is 1.46. The lowest BCUT2D eigenvalue weighted by molar-refractivity contribution is 0.628. The molecule has 5 heteroatoms. The van der Waals surface area contributed by atoms with Crippen molar-refractivity contribution in [3.63, 3.8) is 0 Å². The fraction of sp³-hybridized carbons (Fsp3) is 0.167. The predicted octanol–water partition coefficient (Wildman–Crippen LogP) is 3.37. The number of nitrogens with zero attached hydrogens (tertiary/aromatic N) is 2. The molecule has 1 N–H and O–H groups in total. The van der Waals surface area contributed by atoms with Crippen molar-refractivity contribution in [3.8, 4) is 11.3 Å². The summed E-state index contributed by atoms with van der Waals surface area (Å²) in [6, 6.07) is 7.86. The zero-order valence-electron chi connectivity index (χ0n) is 9.24. The van der Waals surface area contributed by atoms with Gasteiger partial charge in [0.1, 0.15) is 11.6 Å². The highest BCUT2D eigenvalue weighted by Gasteiger charge is 2.04. The van der Waals surface area contributed by atoms with Gasteiger partial charge in [0, 0.05) is 17.1 Å². The van der Waals surface area contributed by atoms with Crippen LogP contribution in [0.5, 0.6) is 0 Å². The summed E-state index contributed by atoms with van der Waals surface area (Å²) in [5, 5.41) is 11.4. The van der Waals surface area contributed by atoms with E-state index in [2.05, 4.69) is 15.5 Å². The molecule has 2 rings (SSSR count). The van der Waals surface area contributed by atoms with Crippen molar-refractivity contribution in [2.75, 3.05) is 11.9 Å². The molecule has 2 aromatic rings. The maximum Gasteiger partial charge on any atom is 0.148 e. The van der Waals surface area contributed by atoms with Gasteiger partial charge in [-0.3, -0.25) is 0 Å². The van der Waals surface area contributed by atoms with Crippen LogP contribution in [0.3, 0.4) is 0 Å². The van der Waals surface area contributed by atoms with E-state index in [4.69, 9.17) is 11.6 Å². The Morgan fingerprint density at radius 1 is 1.24 bits per heavy atom. The number of aromatic nitrogens is 2. The van der Waals surface area contributed by atoms with Crippen molar-refractivity contribution in [1.82, 2.24) is 10.2 Å². The van der Waals surface area contributed by atoms with E-state index in [1.165, 1.54) is 12.1 Å². The second-order valence-electron chi connectivity index (χ2n) is 3.49. The highest BCUT2D eigenvalue weighted by atomic mass is 35.5. The quantitative estimate of drug-likeness (QED) is 0.909. The monoisotopic (exact) mass is 251 g/mol. The first-order valence-electron chi connectivity index (χ1n) is 5.23. The topological polar surface area (TPSA) is 37.8 Å². The Bertz CT molecular complexity index is 493. The van der Waals surface area contributed by atoms with Crippen molar-refractivity contribution in [2.45, 2.75) is 6.92 Å². The van der Waals surface area contributed by atoms with Crippen LogP contribution in [0.25, 0.3) is 11.3 Å². The summed E-state index contributed by atoms with van der Waals surface area (Å²) in [6.07, 6.45) is 0. The number of halogens is 2. The molecular weight excluding hydrogens is 241 g/mol. The van der Waals surface area contributed by atoms with Crippen molar-refractivity contribution in [1.29, 1.82) is 0 Å². The van der Waals surface area contributed by atoms with E-state index in [0.29, 0.717) is 22.1 Å². The Morgan fingerprint density at radius 3 is 2.65 bits per heavy atom. The summed E-state index contributed by atoms with van der Waals surface area (Å²) in [7, 11) is 0. The van der Waals surface area contributed by atoms with E-state index in [0.717, 1.165) is 6.54 Å². The van der Waals surface area contributed by atoms with Gasteiger partial charge in [-0.1, -0.05) is 11.6 Å². The van der Waals surface area contributed by atoms with E-state index >= 15 is 0 Å². The lowest BCUT2D eigenvalue weighted by Crippen LogP contribution is -2.00. The van der Waals surface area contributed by atoms with Gasteiger partial charge in [0.25, 0.3) is 0 Å². The first-order valence-corrected chi connectivity index (χ1v) is 5.61. The van der Waals surface area contributed by atoms with Crippen LogP contribution in [0.15, 0.2) is 30.3 Å². The van der Waals surface area contributed by atoms with E-state index in [1.807, 2.05) is 6.92 Å². The Morgan fingerprint density at radius 2 is 2.06 bits per heavy atom. The number of rotatable bonds is 3. The second-order valence-corrected chi connectivity index (χ2v) is 3.93. The Hall–Kier alpha value is -1.68. The lowest BCUT2D eigenvalue weighted by atomic mass is 10.1. The first-order chi connectivity index (χ1) is 8.19. The third-order valence-corrected chi connectivity index (χ3v) is 2.40. The van der Waals surface area contributed by atoms with Crippen LogP contribution in [-0.4, -0.2) is 16.7 Å². The summed E-state index contributed by atoms with van der Waals surface area (Å²) >= 11 is 5.78. The van der Waals surface area contributed by atoms with E-state index in [9.17, 15) is 4.39 Å². The molecule has 0 spiro atoms. The standard InChI is InChI=1S/C12H11ClFN3/c1-2-15-12-4-3-11(16-17-12)8-5-9(13)7-10(14)6-8/h3-7H,2H2,1H3,(H,15,17). The lowest BCUT2D eigenvalue weighted by Gasteiger charge is -2.04. The first kappa shape index (κ1) is 11.8. The van der Waals surface area contributed by atoms with Crippen molar-refractivity contribution in [3.05, 3.63) is 41.2 Å². The largest absolute Gasteiger partial charge is 0.369 e. The van der Waals surface area contributed by atoms with Crippen LogP contribution in [0.4, 0.5) is 10.2 Å². The minimum atomic E-state index is -0.384. The number of hydrogen-bond acceptors (Lipinski definition) is 3. The highest BCUT2D eigenvalue weighted by Crippen LogP contribution is 2.22. The molecule has 3 nitrogen and oxygen atoms in total. The van der Waals surface area contributed by atoms with Gasteiger partial charge in [-0.05, 0) is 37.3 Å². The van der Waals surface area contributed by atoms with Crippen molar-refractivity contribution in [2.24, 2.45) is 0 Å². The molecule has 0 aliphatic carbocycles. The van der Waals surface area contributed by atoms with Gasteiger partial charge >= 0.3 is 0 Å². The van der Waals surface area contributed by atoms with Crippen molar-refractivity contribution < 1.29 is 4.39 Å². The Labute approximate surface area is 104 Å². The van der Waals surface area contributed by atoms with Gasteiger partial charge in [0.2, 0.25) is 0 Å². The molecule has 0 fully saturated rings. The molecule has 0 radical (unpaired) electrons. The summed E-state index contributed by atoms with van der Waals surface area (Å²) < 4.78 is 13.2. The summed E-state index contributed by atoms with van der Waals surface area (Å²) in [5.41, 5.74) is 1.21. The highest BCUT2D eigenvalue weighted by molar-refractivity contribution is 6.30. The van der Waals surface area contributed by atoms with Gasteiger partial charge in [0.15, 0.2) is 0 Å². The molecule has 0 amide bonds. The van der Waals surface area contributed by atoms with E-state index < -0.39 is 0 Å². The van der Waals surface area contributed by atoms with Crippen LogP contribution in [-0.2, 0) is 0 Å². The zero-order valence-corrected chi connectivity index (χ0v) is 10.0. The van der Waals surface area contributed by atoms with Gasteiger partial charge in [-0.15, -0.1) is 10.2 Å². The normalized spacial score (nSPS) is 10.3. The summed E-state index contributed by atoms with van der Waals surface area (Å²) in [5.74, 6) is 0.309.